The number of nitrogens with one attached hydrogen (secondary N) is 1. The lowest BCUT2D eigenvalue weighted by Crippen LogP contribution is -2.51. The van der Waals surface area contributed by atoms with E-state index in [1.165, 1.54) is 63.0 Å². The van der Waals surface area contributed by atoms with Gasteiger partial charge in [0, 0.05) is 28.7 Å². The van der Waals surface area contributed by atoms with E-state index in [2.05, 4.69) is 184 Å². The van der Waals surface area contributed by atoms with Crippen LogP contribution in [0.3, 0.4) is 0 Å². The number of hydrogen-bond donors (Lipinski definition) is 1. The molecule has 304 valence electrons. The first kappa shape index (κ1) is 41.9. The predicted octanol–water partition coefficient (Wildman–Crippen LogP) is 14.1. The fraction of sp³-hybridized carbons (Fsp3) is 0.547. The van der Waals surface area contributed by atoms with Crippen molar-refractivity contribution in [2.45, 2.75) is 146 Å². The van der Waals surface area contributed by atoms with Gasteiger partial charge in [-0.05, 0) is 160 Å². The molecular weight excluding hydrogens is 707 g/mol. The summed E-state index contributed by atoms with van der Waals surface area (Å²) in [5.74, 6) is 2.70. The molecule has 2 heterocycles. The number of fused-ring (bicyclic) bond motifs is 2. The second-order valence-corrected chi connectivity index (χ2v) is 22.3. The van der Waals surface area contributed by atoms with Crippen molar-refractivity contribution in [3.8, 4) is 0 Å². The monoisotopic (exact) mass is 781 g/mol. The summed E-state index contributed by atoms with van der Waals surface area (Å²) in [5.41, 5.74) is 12.8. The number of thiophene rings is 1. The largest absolute Gasteiger partial charge is 0.385 e. The fourth-order valence-corrected chi connectivity index (χ4v) is 12.2. The zero-order chi connectivity index (χ0) is 41.0. The van der Waals surface area contributed by atoms with Crippen LogP contribution in [0, 0.1) is 34.0 Å². The van der Waals surface area contributed by atoms with Crippen LogP contribution in [0.15, 0.2) is 113 Å². The number of benzene rings is 1. The molecule has 1 N–H and O–H groups in total. The Morgan fingerprint density at radius 2 is 1.60 bits per heavy atom. The van der Waals surface area contributed by atoms with E-state index in [9.17, 15) is 0 Å². The molecule has 1 aromatic heterocycles. The lowest BCUT2D eigenvalue weighted by molar-refractivity contribution is 0.0343. The summed E-state index contributed by atoms with van der Waals surface area (Å²) in [5, 5.41) is 5.63. The molecule has 5 atom stereocenters. The van der Waals surface area contributed by atoms with Crippen LogP contribution in [-0.4, -0.2) is 24.2 Å². The van der Waals surface area contributed by atoms with Crippen LogP contribution in [0.4, 0.5) is 0 Å². The van der Waals surface area contributed by atoms with Crippen LogP contribution < -0.4 is 10.1 Å². The average Bonchev–Trinajstić information content (AvgIpc) is 3.57. The smallest absolute Gasteiger partial charge is 0.256 e. The van der Waals surface area contributed by atoms with E-state index in [-0.39, 0.29) is 29.0 Å². The minimum Gasteiger partial charge on any atom is -0.385 e. The Bertz CT molecular complexity index is 2040. The summed E-state index contributed by atoms with van der Waals surface area (Å²) in [6.07, 6.45) is 29.7. The number of rotatable bonds is 9. The number of allylic oxidation sites excluding steroid dienone is 10. The van der Waals surface area contributed by atoms with Gasteiger partial charge in [0.05, 0.1) is 0 Å². The maximum atomic E-state index is 4.32. The van der Waals surface area contributed by atoms with Crippen molar-refractivity contribution in [1.29, 1.82) is 0 Å². The van der Waals surface area contributed by atoms with Gasteiger partial charge in [-0.1, -0.05) is 130 Å². The highest BCUT2D eigenvalue weighted by molar-refractivity contribution is 7.30. The molecule has 5 unspecified atom stereocenters. The van der Waals surface area contributed by atoms with Crippen LogP contribution >= 0.6 is 11.3 Å². The van der Waals surface area contributed by atoms with Gasteiger partial charge >= 0.3 is 0 Å². The Balaban J connectivity index is 1.39. The Morgan fingerprint density at radius 3 is 2.23 bits per heavy atom. The second kappa shape index (κ2) is 16.1. The van der Waals surface area contributed by atoms with E-state index in [0.717, 1.165) is 25.8 Å². The van der Waals surface area contributed by atoms with Crippen molar-refractivity contribution in [1.82, 2.24) is 10.2 Å². The molecule has 0 saturated heterocycles. The molecule has 2 nitrogen and oxygen atoms in total. The molecule has 1 aliphatic heterocycles. The minimum atomic E-state index is 0.0611. The van der Waals surface area contributed by atoms with Gasteiger partial charge in [0.15, 0.2) is 0 Å². The Kier molecular flexibility index (Phi) is 11.8. The van der Waals surface area contributed by atoms with Crippen molar-refractivity contribution in [2.75, 3.05) is 6.54 Å². The lowest BCUT2D eigenvalue weighted by Gasteiger charge is -2.50. The molecule has 7 rings (SSSR count). The normalized spacial score (nSPS) is 27.7. The van der Waals surface area contributed by atoms with E-state index >= 15 is 0 Å². The van der Waals surface area contributed by atoms with E-state index < -0.39 is 0 Å². The van der Waals surface area contributed by atoms with Gasteiger partial charge in [-0.3, -0.25) is 0 Å². The van der Waals surface area contributed by atoms with Crippen molar-refractivity contribution >= 4 is 32.9 Å². The zero-order valence-electron chi connectivity index (χ0n) is 37.7. The zero-order valence-corrected chi connectivity index (χ0v) is 38.5. The van der Waals surface area contributed by atoms with Crippen molar-refractivity contribution in [3.05, 3.63) is 124 Å². The first-order valence-electron chi connectivity index (χ1n) is 22.5. The van der Waals surface area contributed by atoms with E-state index in [1.54, 1.807) is 22.2 Å². The van der Waals surface area contributed by atoms with Gasteiger partial charge in [-0.15, -0.1) is 17.9 Å². The van der Waals surface area contributed by atoms with E-state index in [1.807, 2.05) is 0 Å². The SMILES string of the molecule is C=CCN1C2=C(B(c3cc4cc5c(cc4s3)C(C)CCC5C)C3=C1CCC(C(C)C)=C3)C(N/C=C/C1C(/C=C/C=C/C)C(C)(C)CCC1(C)C)CC(C(C)(C)C)=C2. The molecule has 0 radical (unpaired) electrons. The van der Waals surface area contributed by atoms with Crippen LogP contribution in [0.5, 0.6) is 0 Å². The highest BCUT2D eigenvalue weighted by atomic mass is 32.1. The molecule has 57 heavy (non-hydrogen) atoms. The molecule has 1 fully saturated rings. The van der Waals surface area contributed by atoms with Gasteiger partial charge in [-0.2, -0.15) is 0 Å². The minimum absolute atomic E-state index is 0.0611. The van der Waals surface area contributed by atoms with Crippen molar-refractivity contribution in [2.24, 2.45) is 34.0 Å². The molecule has 1 saturated carbocycles. The van der Waals surface area contributed by atoms with Gasteiger partial charge < -0.3 is 10.2 Å². The van der Waals surface area contributed by atoms with Gasteiger partial charge in [0.1, 0.15) is 0 Å². The van der Waals surface area contributed by atoms with Crippen LogP contribution in [0.1, 0.15) is 151 Å². The molecule has 1 aromatic carbocycles. The first-order chi connectivity index (χ1) is 26.9. The highest BCUT2D eigenvalue weighted by Crippen LogP contribution is 2.54. The molecule has 4 heteroatoms. The molecular formula is C53H73BN2S. The van der Waals surface area contributed by atoms with Crippen LogP contribution in [0.2, 0.25) is 0 Å². The number of hydrogen-bond acceptors (Lipinski definition) is 3. The molecule has 0 amide bonds. The maximum Gasteiger partial charge on any atom is 0.256 e. The molecule has 0 bridgehead atoms. The average molecular weight is 781 g/mol. The first-order valence-corrected chi connectivity index (χ1v) is 23.3. The van der Waals surface area contributed by atoms with Crippen molar-refractivity contribution < 1.29 is 0 Å². The Labute approximate surface area is 352 Å². The topological polar surface area (TPSA) is 15.3 Å². The van der Waals surface area contributed by atoms with E-state index in [4.69, 9.17) is 0 Å². The van der Waals surface area contributed by atoms with Crippen molar-refractivity contribution in [3.63, 3.8) is 0 Å². The third kappa shape index (κ3) is 8.08. The van der Waals surface area contributed by atoms with Gasteiger partial charge in [-0.25, -0.2) is 0 Å². The summed E-state index contributed by atoms with van der Waals surface area (Å²) < 4.78 is 2.96. The van der Waals surface area contributed by atoms with Gasteiger partial charge in [0.2, 0.25) is 0 Å². The van der Waals surface area contributed by atoms with E-state index in [0.29, 0.717) is 29.6 Å². The summed E-state index contributed by atoms with van der Waals surface area (Å²) in [6.45, 7) is 34.3. The standard InChI is InChI=1S/C53H73BN2S/c1-14-16-17-18-42-43(53(12,13)25-24-52(42,10)11)23-26-55-45-31-39(51(7,8)9)32-47-50(45)54(44-29-37(34(3)4)21-22-46(44)56(47)27-15-2)49-30-38-28-40-35(5)19-20-36(6)41(40)33-48(38)57-49/h14-18,23,26,28-30,32-36,42-43,45,55H,2,19-22,24-25,27,31H2,1,3-13H3/b16-14+,18-17+,26-23+. The molecule has 4 aliphatic carbocycles. The number of nitrogens with zero attached hydrogens (tertiary/aromatic N) is 1. The summed E-state index contributed by atoms with van der Waals surface area (Å²) in [7, 11) is 0. The Morgan fingerprint density at radius 1 is 0.930 bits per heavy atom. The summed E-state index contributed by atoms with van der Waals surface area (Å²) in [4.78, 5) is 2.66. The highest BCUT2D eigenvalue weighted by Gasteiger charge is 2.47. The van der Waals surface area contributed by atoms with Gasteiger partial charge in [0.25, 0.3) is 6.71 Å². The molecule has 0 spiro atoms. The summed E-state index contributed by atoms with van der Waals surface area (Å²) >= 11 is 2.06. The second-order valence-electron chi connectivity index (χ2n) is 21.1. The Hall–Kier alpha value is -3.24. The third-order valence-corrected chi connectivity index (χ3v) is 16.1. The molecule has 5 aliphatic rings. The lowest BCUT2D eigenvalue weighted by atomic mass is 9.34. The quantitative estimate of drug-likeness (QED) is 0.155. The molecule has 2 aromatic rings. The van der Waals surface area contributed by atoms with Crippen LogP contribution in [0.25, 0.3) is 10.1 Å². The predicted molar refractivity (Wildman–Crippen MR) is 252 cm³/mol. The summed E-state index contributed by atoms with van der Waals surface area (Å²) in [6, 6.07) is 7.93. The fourth-order valence-electron chi connectivity index (χ4n) is 11.0. The third-order valence-electron chi connectivity index (χ3n) is 14.9. The van der Waals surface area contributed by atoms with Crippen LogP contribution in [-0.2, 0) is 0 Å². The maximum absolute atomic E-state index is 4.32.